The maximum Gasteiger partial charge on any atom is 0.341 e. The van der Waals surface area contributed by atoms with Gasteiger partial charge in [-0.25, -0.2) is 4.79 Å². The van der Waals surface area contributed by atoms with Crippen LogP contribution in [0.2, 0.25) is 0 Å². The lowest BCUT2D eigenvalue weighted by Gasteiger charge is -2.11. The highest BCUT2D eigenvalue weighted by molar-refractivity contribution is 7.80. The normalized spacial score (nSPS) is 9.78. The van der Waals surface area contributed by atoms with E-state index in [4.69, 9.17) is 17.0 Å². The summed E-state index contributed by atoms with van der Waals surface area (Å²) in [5, 5.41) is 13.4. The van der Waals surface area contributed by atoms with Crippen LogP contribution in [-0.2, 0) is 4.74 Å². The van der Waals surface area contributed by atoms with Crippen LogP contribution in [0.4, 0.5) is 11.4 Å². The van der Waals surface area contributed by atoms with Gasteiger partial charge >= 0.3 is 5.97 Å². The Morgan fingerprint density at radius 3 is 2.43 bits per heavy atom. The number of non-ortho nitro benzene ring substituents is 1. The number of thiocarbonyl (C=S) groups is 1. The molecule has 0 fully saturated rings. The number of carbonyl (C=O) groups excluding carboxylic acids is 1. The largest absolute Gasteiger partial charge is 0.465 e. The summed E-state index contributed by atoms with van der Waals surface area (Å²) in [4.78, 5) is 21.7. The van der Waals surface area contributed by atoms with Gasteiger partial charge in [0.05, 0.1) is 12.0 Å². The predicted octanol–water partition coefficient (Wildman–Crippen LogP) is 3.16. The summed E-state index contributed by atoms with van der Waals surface area (Å²) in [6, 6.07) is 12.2. The molecule has 2 aromatic carbocycles. The fourth-order valence-corrected chi connectivity index (χ4v) is 1.95. The number of esters is 1. The molecule has 0 bridgehead atoms. The van der Waals surface area contributed by atoms with Crippen LogP contribution in [0, 0.1) is 10.1 Å². The average molecular weight is 332 g/mol. The summed E-state index contributed by atoms with van der Waals surface area (Å²) in [6.07, 6.45) is 0. The van der Waals surface area contributed by atoms with Crippen LogP contribution in [0.15, 0.2) is 48.5 Å². The van der Waals surface area contributed by atoms with Gasteiger partial charge in [-0.3, -0.25) is 10.1 Å². The zero-order valence-electron chi connectivity index (χ0n) is 12.0. The molecule has 0 atom stereocenters. The number of nitrogens with zero attached hydrogens (tertiary/aromatic N) is 1. The van der Waals surface area contributed by atoms with Gasteiger partial charge in [0.1, 0.15) is 11.3 Å². The van der Waals surface area contributed by atoms with E-state index in [1.165, 1.54) is 31.4 Å². The van der Waals surface area contributed by atoms with E-state index in [0.717, 1.165) is 0 Å². The molecule has 0 amide bonds. The number of nitrogens with one attached hydrogen (secondary N) is 1. The molecule has 0 aromatic heterocycles. The second kappa shape index (κ2) is 7.32. The van der Waals surface area contributed by atoms with E-state index >= 15 is 0 Å². The lowest BCUT2D eigenvalue weighted by Crippen LogP contribution is -2.18. The lowest BCUT2D eigenvalue weighted by molar-refractivity contribution is -0.384. The van der Waals surface area contributed by atoms with Crippen LogP contribution in [-0.4, -0.2) is 23.2 Å². The van der Waals surface area contributed by atoms with Gasteiger partial charge in [-0.1, -0.05) is 12.1 Å². The van der Waals surface area contributed by atoms with Gasteiger partial charge in [-0.15, -0.1) is 0 Å². The van der Waals surface area contributed by atoms with Gasteiger partial charge in [0.25, 0.3) is 10.9 Å². The number of benzene rings is 2. The third-order valence-corrected chi connectivity index (χ3v) is 3.00. The maximum absolute atomic E-state index is 11.6. The first-order chi connectivity index (χ1) is 11.0. The molecule has 0 saturated heterocycles. The molecule has 0 radical (unpaired) electrons. The molecule has 0 heterocycles. The number of anilines is 1. The standard InChI is InChI=1S/C15H12N2O5S/c1-21-14(18)12-4-2-3-5-13(12)22-15(23)16-10-6-8-11(9-7-10)17(19)20/h2-9H,1H3,(H,16,23). The Labute approximate surface area is 137 Å². The highest BCUT2D eigenvalue weighted by Gasteiger charge is 2.14. The number of carbonyl (C=O) groups is 1. The molecular formula is C15H12N2O5S. The Bertz CT molecular complexity index is 746. The summed E-state index contributed by atoms with van der Waals surface area (Å²) in [5.41, 5.74) is 0.734. The Kier molecular flexibility index (Phi) is 5.21. The van der Waals surface area contributed by atoms with E-state index in [-0.39, 0.29) is 22.2 Å². The smallest absolute Gasteiger partial charge is 0.341 e. The van der Waals surface area contributed by atoms with Crippen molar-refractivity contribution in [2.45, 2.75) is 0 Å². The summed E-state index contributed by atoms with van der Waals surface area (Å²) < 4.78 is 10.1. The van der Waals surface area contributed by atoms with Crippen LogP contribution >= 0.6 is 12.2 Å². The Morgan fingerprint density at radius 2 is 1.83 bits per heavy atom. The SMILES string of the molecule is COC(=O)c1ccccc1OC(=S)Nc1ccc([N+](=O)[O-])cc1. The molecule has 0 spiro atoms. The third kappa shape index (κ3) is 4.24. The van der Waals surface area contributed by atoms with Gasteiger partial charge in [-0.2, -0.15) is 0 Å². The maximum atomic E-state index is 11.6. The van der Waals surface area contributed by atoms with E-state index in [0.29, 0.717) is 5.69 Å². The molecule has 118 valence electrons. The van der Waals surface area contributed by atoms with Crippen molar-refractivity contribution in [2.24, 2.45) is 0 Å². The van der Waals surface area contributed by atoms with Crippen LogP contribution in [0.3, 0.4) is 0 Å². The van der Waals surface area contributed by atoms with Gasteiger partial charge in [0, 0.05) is 17.8 Å². The highest BCUT2D eigenvalue weighted by atomic mass is 32.1. The van der Waals surface area contributed by atoms with E-state index in [1.54, 1.807) is 24.3 Å². The number of nitro benzene ring substituents is 1. The van der Waals surface area contributed by atoms with Crippen LogP contribution in [0.5, 0.6) is 5.75 Å². The van der Waals surface area contributed by atoms with E-state index in [2.05, 4.69) is 10.1 Å². The number of ether oxygens (including phenoxy) is 2. The fourth-order valence-electron chi connectivity index (χ4n) is 1.74. The molecule has 2 aromatic rings. The second-order valence-corrected chi connectivity index (χ2v) is 4.68. The van der Waals surface area contributed by atoms with Crippen molar-refractivity contribution in [1.29, 1.82) is 0 Å². The minimum atomic E-state index is -0.543. The zero-order chi connectivity index (χ0) is 16.8. The summed E-state index contributed by atoms with van der Waals surface area (Å²) in [5.74, 6) is -0.294. The summed E-state index contributed by atoms with van der Waals surface area (Å²) >= 11 is 5.07. The molecule has 1 N–H and O–H groups in total. The first-order valence-electron chi connectivity index (χ1n) is 6.42. The average Bonchev–Trinajstić information content (AvgIpc) is 2.55. The number of nitro groups is 1. The van der Waals surface area contributed by atoms with Gasteiger partial charge in [0.2, 0.25) is 0 Å². The Hall–Kier alpha value is -3.00. The fraction of sp³-hybridized carbons (Fsp3) is 0.0667. The van der Waals surface area contributed by atoms with Crippen molar-refractivity contribution in [3.8, 4) is 5.75 Å². The molecule has 23 heavy (non-hydrogen) atoms. The zero-order valence-corrected chi connectivity index (χ0v) is 12.8. The van der Waals surface area contributed by atoms with Crippen molar-refractivity contribution in [2.75, 3.05) is 12.4 Å². The third-order valence-electron chi connectivity index (χ3n) is 2.82. The van der Waals surface area contributed by atoms with Crippen molar-refractivity contribution in [3.05, 3.63) is 64.2 Å². The first kappa shape index (κ1) is 16.4. The number of hydrogen-bond donors (Lipinski definition) is 1. The Balaban J connectivity index is 2.08. The molecule has 0 saturated carbocycles. The molecular weight excluding hydrogens is 320 g/mol. The van der Waals surface area contributed by atoms with E-state index < -0.39 is 10.9 Å². The van der Waals surface area contributed by atoms with Gasteiger partial charge < -0.3 is 14.8 Å². The topological polar surface area (TPSA) is 90.7 Å². The van der Waals surface area contributed by atoms with Crippen molar-refractivity contribution in [3.63, 3.8) is 0 Å². The van der Waals surface area contributed by atoms with Gasteiger partial charge in [0.15, 0.2) is 0 Å². The van der Waals surface area contributed by atoms with Crippen molar-refractivity contribution < 1.29 is 19.2 Å². The van der Waals surface area contributed by atoms with Crippen molar-refractivity contribution in [1.82, 2.24) is 0 Å². The first-order valence-corrected chi connectivity index (χ1v) is 6.82. The quantitative estimate of drug-likeness (QED) is 0.398. The van der Waals surface area contributed by atoms with Crippen molar-refractivity contribution >= 4 is 34.7 Å². The molecule has 0 aliphatic heterocycles. The molecule has 7 nitrogen and oxygen atoms in total. The number of para-hydroxylation sites is 1. The Morgan fingerprint density at radius 1 is 1.17 bits per heavy atom. The molecule has 0 aliphatic carbocycles. The van der Waals surface area contributed by atoms with Gasteiger partial charge in [-0.05, 0) is 36.5 Å². The van der Waals surface area contributed by atoms with E-state index in [9.17, 15) is 14.9 Å². The van der Waals surface area contributed by atoms with Crippen LogP contribution < -0.4 is 10.1 Å². The second-order valence-electron chi connectivity index (χ2n) is 4.31. The van der Waals surface area contributed by atoms with Crippen LogP contribution in [0.25, 0.3) is 0 Å². The summed E-state index contributed by atoms with van der Waals surface area (Å²) in [7, 11) is 1.27. The lowest BCUT2D eigenvalue weighted by atomic mass is 10.2. The van der Waals surface area contributed by atoms with Crippen LogP contribution in [0.1, 0.15) is 10.4 Å². The number of rotatable bonds is 4. The number of methoxy groups -OCH3 is 1. The molecule has 8 heteroatoms. The summed E-state index contributed by atoms with van der Waals surface area (Å²) in [6.45, 7) is 0. The monoisotopic (exact) mass is 332 g/mol. The molecule has 0 unspecified atom stereocenters. The minimum absolute atomic E-state index is 0.00444. The van der Waals surface area contributed by atoms with E-state index in [1.807, 2.05) is 0 Å². The molecule has 0 aliphatic rings. The minimum Gasteiger partial charge on any atom is -0.465 e. The highest BCUT2D eigenvalue weighted by Crippen LogP contribution is 2.20. The number of hydrogen-bond acceptors (Lipinski definition) is 6. The molecule has 2 rings (SSSR count). The predicted molar refractivity (Wildman–Crippen MR) is 87.7 cm³/mol.